The van der Waals surface area contributed by atoms with Crippen molar-refractivity contribution in [2.45, 2.75) is 25.5 Å². The van der Waals surface area contributed by atoms with E-state index in [2.05, 4.69) is 0 Å². The predicted molar refractivity (Wildman–Crippen MR) is 59.3 cm³/mol. The van der Waals surface area contributed by atoms with Crippen LogP contribution in [-0.4, -0.2) is 17.8 Å². The summed E-state index contributed by atoms with van der Waals surface area (Å²) >= 11 is 6.08. The van der Waals surface area contributed by atoms with E-state index in [1.54, 1.807) is 6.07 Å². The lowest BCUT2D eigenvalue weighted by Gasteiger charge is -2.11. The molecule has 1 heterocycles. The fourth-order valence-electron chi connectivity index (χ4n) is 1.83. The first-order valence-corrected chi connectivity index (χ1v) is 5.35. The normalized spacial score (nSPS) is 20.9. The van der Waals surface area contributed by atoms with Crippen LogP contribution in [0.15, 0.2) is 12.1 Å². The maximum atomic E-state index is 8.98. The fourth-order valence-corrected chi connectivity index (χ4v) is 2.12. The molecule has 2 unspecified atom stereocenters. The number of benzene rings is 1. The first-order valence-electron chi connectivity index (χ1n) is 4.97. The second-order valence-corrected chi connectivity index (χ2v) is 4.32. The van der Waals surface area contributed by atoms with Crippen LogP contribution in [-0.2, 0) is 6.42 Å². The van der Waals surface area contributed by atoms with E-state index >= 15 is 0 Å². The minimum Gasteiger partial charge on any atom is -0.489 e. The van der Waals surface area contributed by atoms with Gasteiger partial charge in [-0.3, -0.25) is 0 Å². The standard InChI is InChI=1S/C11H14ClNO2/c1-6-2-8-3-7(10(13)5-14)4-9(12)11(8)15-6/h3-4,6,10,14H,2,5,13H2,1H3. The van der Waals surface area contributed by atoms with Gasteiger partial charge in [-0.2, -0.15) is 0 Å². The molecule has 0 spiro atoms. The average molecular weight is 228 g/mol. The van der Waals surface area contributed by atoms with Gasteiger partial charge >= 0.3 is 0 Å². The van der Waals surface area contributed by atoms with Crippen LogP contribution in [0.3, 0.4) is 0 Å². The van der Waals surface area contributed by atoms with Crippen LogP contribution in [0.25, 0.3) is 0 Å². The Kier molecular flexibility index (Phi) is 2.87. The van der Waals surface area contributed by atoms with Gasteiger partial charge < -0.3 is 15.6 Å². The maximum absolute atomic E-state index is 8.98. The number of nitrogens with two attached hydrogens (primary N) is 1. The van der Waals surface area contributed by atoms with Crippen molar-refractivity contribution in [1.82, 2.24) is 0 Å². The summed E-state index contributed by atoms with van der Waals surface area (Å²) in [6.07, 6.45) is 1.01. The van der Waals surface area contributed by atoms with E-state index in [-0.39, 0.29) is 18.8 Å². The Bertz CT molecular complexity index is 381. The molecule has 0 saturated carbocycles. The van der Waals surface area contributed by atoms with Crippen LogP contribution >= 0.6 is 11.6 Å². The summed E-state index contributed by atoms with van der Waals surface area (Å²) < 4.78 is 5.57. The first-order chi connectivity index (χ1) is 7.11. The molecule has 0 amide bonds. The highest BCUT2D eigenvalue weighted by Gasteiger charge is 2.23. The van der Waals surface area contributed by atoms with E-state index in [0.717, 1.165) is 23.3 Å². The smallest absolute Gasteiger partial charge is 0.141 e. The van der Waals surface area contributed by atoms with Crippen molar-refractivity contribution in [2.24, 2.45) is 5.73 Å². The van der Waals surface area contributed by atoms with E-state index < -0.39 is 0 Å². The van der Waals surface area contributed by atoms with E-state index in [0.29, 0.717) is 5.02 Å². The third-order valence-corrected chi connectivity index (χ3v) is 2.87. The van der Waals surface area contributed by atoms with E-state index in [1.165, 1.54) is 0 Å². The van der Waals surface area contributed by atoms with Crippen molar-refractivity contribution in [1.29, 1.82) is 0 Å². The molecule has 82 valence electrons. The molecule has 3 N–H and O–H groups in total. The molecule has 1 aliphatic heterocycles. The van der Waals surface area contributed by atoms with Crippen molar-refractivity contribution in [2.75, 3.05) is 6.61 Å². The maximum Gasteiger partial charge on any atom is 0.141 e. The van der Waals surface area contributed by atoms with Crippen molar-refractivity contribution < 1.29 is 9.84 Å². The summed E-state index contributed by atoms with van der Waals surface area (Å²) in [6.45, 7) is 1.92. The lowest BCUT2D eigenvalue weighted by molar-refractivity contribution is 0.254. The van der Waals surface area contributed by atoms with Gasteiger partial charge in [0.15, 0.2) is 0 Å². The molecule has 1 aromatic rings. The number of fused-ring (bicyclic) bond motifs is 1. The zero-order chi connectivity index (χ0) is 11.0. The SMILES string of the molecule is CC1Cc2cc(C(N)CO)cc(Cl)c2O1. The number of hydrogen-bond acceptors (Lipinski definition) is 3. The van der Waals surface area contributed by atoms with Crippen LogP contribution in [0.2, 0.25) is 5.02 Å². The summed E-state index contributed by atoms with van der Waals surface area (Å²) in [5.74, 6) is 0.762. The average Bonchev–Trinajstić information content (AvgIpc) is 2.58. The molecule has 2 rings (SSSR count). The summed E-state index contributed by atoms with van der Waals surface area (Å²) in [5, 5.41) is 9.56. The zero-order valence-corrected chi connectivity index (χ0v) is 9.29. The van der Waals surface area contributed by atoms with Gasteiger partial charge in [-0.1, -0.05) is 17.7 Å². The third kappa shape index (κ3) is 1.95. The van der Waals surface area contributed by atoms with Gasteiger partial charge in [0.05, 0.1) is 17.7 Å². The van der Waals surface area contributed by atoms with Gasteiger partial charge in [-0.15, -0.1) is 0 Å². The molecule has 0 bridgehead atoms. The Labute approximate surface area is 93.8 Å². The van der Waals surface area contributed by atoms with Crippen molar-refractivity contribution in [3.63, 3.8) is 0 Å². The second-order valence-electron chi connectivity index (χ2n) is 3.91. The topological polar surface area (TPSA) is 55.5 Å². The molecule has 3 nitrogen and oxygen atoms in total. The summed E-state index contributed by atoms with van der Waals surface area (Å²) in [7, 11) is 0. The second kappa shape index (κ2) is 4.00. The Hall–Kier alpha value is -0.770. The number of ether oxygens (including phenoxy) is 1. The van der Waals surface area contributed by atoms with Gasteiger partial charge in [0, 0.05) is 6.42 Å². The predicted octanol–water partition coefficient (Wildman–Crippen LogP) is 1.66. The van der Waals surface area contributed by atoms with Crippen LogP contribution in [0.5, 0.6) is 5.75 Å². The molecular weight excluding hydrogens is 214 g/mol. The molecule has 0 radical (unpaired) electrons. The number of rotatable bonds is 2. The summed E-state index contributed by atoms with van der Waals surface area (Å²) in [5.41, 5.74) is 7.68. The largest absolute Gasteiger partial charge is 0.489 e. The lowest BCUT2D eigenvalue weighted by Crippen LogP contribution is -2.14. The first kappa shape index (κ1) is 10.7. The highest BCUT2D eigenvalue weighted by molar-refractivity contribution is 6.32. The highest BCUT2D eigenvalue weighted by Crippen LogP contribution is 2.37. The van der Waals surface area contributed by atoms with Gasteiger partial charge in [0.1, 0.15) is 11.9 Å². The Morgan fingerprint density at radius 1 is 1.67 bits per heavy atom. The van der Waals surface area contributed by atoms with Gasteiger partial charge in [0.2, 0.25) is 0 Å². The molecule has 15 heavy (non-hydrogen) atoms. The van der Waals surface area contributed by atoms with Gasteiger partial charge in [0.25, 0.3) is 0 Å². The molecule has 0 aromatic heterocycles. The van der Waals surface area contributed by atoms with E-state index in [4.69, 9.17) is 27.2 Å². The number of aliphatic hydroxyl groups is 1. The molecule has 2 atom stereocenters. The van der Waals surface area contributed by atoms with Crippen molar-refractivity contribution in [3.05, 3.63) is 28.3 Å². The van der Waals surface area contributed by atoms with Gasteiger partial charge in [-0.25, -0.2) is 0 Å². The molecular formula is C11H14ClNO2. The number of halogens is 1. The van der Waals surface area contributed by atoms with Crippen LogP contribution in [0, 0.1) is 0 Å². The van der Waals surface area contributed by atoms with E-state index in [9.17, 15) is 0 Å². The van der Waals surface area contributed by atoms with Crippen molar-refractivity contribution >= 4 is 11.6 Å². The quantitative estimate of drug-likeness (QED) is 0.808. The Morgan fingerprint density at radius 3 is 3.07 bits per heavy atom. The van der Waals surface area contributed by atoms with Crippen LogP contribution in [0.4, 0.5) is 0 Å². The molecule has 0 saturated heterocycles. The van der Waals surface area contributed by atoms with Crippen molar-refractivity contribution in [3.8, 4) is 5.75 Å². The Balaban J connectivity index is 2.40. The number of aliphatic hydroxyl groups excluding tert-OH is 1. The minimum atomic E-state index is -0.372. The Morgan fingerprint density at radius 2 is 2.40 bits per heavy atom. The van der Waals surface area contributed by atoms with E-state index in [1.807, 2.05) is 13.0 Å². The third-order valence-electron chi connectivity index (χ3n) is 2.59. The molecule has 4 heteroatoms. The summed E-state index contributed by atoms with van der Waals surface area (Å²) in [6, 6.07) is 3.36. The minimum absolute atomic E-state index is 0.0779. The molecule has 1 aromatic carbocycles. The number of hydrogen-bond donors (Lipinski definition) is 2. The monoisotopic (exact) mass is 227 g/mol. The lowest BCUT2D eigenvalue weighted by atomic mass is 10.0. The van der Waals surface area contributed by atoms with Crippen LogP contribution < -0.4 is 10.5 Å². The zero-order valence-electron chi connectivity index (χ0n) is 8.53. The summed E-state index contributed by atoms with van der Waals surface area (Å²) in [4.78, 5) is 0. The van der Waals surface area contributed by atoms with Gasteiger partial charge in [-0.05, 0) is 24.1 Å². The highest BCUT2D eigenvalue weighted by atomic mass is 35.5. The van der Waals surface area contributed by atoms with Crippen LogP contribution in [0.1, 0.15) is 24.1 Å². The fraction of sp³-hybridized carbons (Fsp3) is 0.455. The molecule has 0 aliphatic carbocycles. The molecule has 1 aliphatic rings. The molecule has 0 fully saturated rings.